The monoisotopic (exact) mass is 503 g/mol. The Hall–Kier alpha value is -3.07. The molecule has 2 aromatic rings. The lowest BCUT2D eigenvalue weighted by molar-refractivity contribution is -0.140. The second kappa shape index (κ2) is 13.1. The molecule has 2 aromatic carbocycles. The standard InChI is InChI=1S/C26H37N3O5S/c1-6-20(2)27-26(31)21(3)28(19-22-13-8-7-9-14-22)25(30)17-12-18-29(35(5,32)33)23-15-10-11-16-24(23)34-4/h7-11,13-16,20-21H,6,12,17-19H2,1-5H3,(H,27,31). The summed E-state index contributed by atoms with van der Waals surface area (Å²) in [5.41, 5.74) is 1.34. The van der Waals surface area contributed by atoms with Crippen molar-refractivity contribution in [3.05, 3.63) is 60.2 Å². The van der Waals surface area contributed by atoms with Crippen LogP contribution in [0.5, 0.6) is 5.75 Å². The number of carbonyl (C=O) groups is 2. The molecule has 0 fully saturated rings. The number of carbonyl (C=O) groups excluding carboxylic acids is 2. The van der Waals surface area contributed by atoms with E-state index < -0.39 is 16.1 Å². The van der Waals surface area contributed by atoms with E-state index in [1.54, 1.807) is 36.1 Å². The number of anilines is 1. The largest absolute Gasteiger partial charge is 0.495 e. The number of methoxy groups -OCH3 is 1. The van der Waals surface area contributed by atoms with Crippen LogP contribution in [0.1, 0.15) is 45.6 Å². The summed E-state index contributed by atoms with van der Waals surface area (Å²) in [6, 6.07) is 15.7. The van der Waals surface area contributed by atoms with Gasteiger partial charge in [-0.1, -0.05) is 49.4 Å². The van der Waals surface area contributed by atoms with Gasteiger partial charge < -0.3 is 15.0 Å². The van der Waals surface area contributed by atoms with E-state index in [9.17, 15) is 18.0 Å². The molecule has 2 rings (SSSR count). The molecule has 2 amide bonds. The van der Waals surface area contributed by atoms with Gasteiger partial charge >= 0.3 is 0 Å². The fourth-order valence-electron chi connectivity index (χ4n) is 3.65. The number of nitrogens with zero attached hydrogens (tertiary/aromatic N) is 2. The fourth-order valence-corrected chi connectivity index (χ4v) is 4.62. The van der Waals surface area contributed by atoms with Gasteiger partial charge in [0.2, 0.25) is 21.8 Å². The maximum Gasteiger partial charge on any atom is 0.242 e. The van der Waals surface area contributed by atoms with Crippen LogP contribution in [-0.4, -0.2) is 57.1 Å². The van der Waals surface area contributed by atoms with Crippen LogP contribution in [0, 0.1) is 0 Å². The molecule has 192 valence electrons. The lowest BCUT2D eigenvalue weighted by Crippen LogP contribution is -2.49. The average molecular weight is 504 g/mol. The van der Waals surface area contributed by atoms with Crippen LogP contribution >= 0.6 is 0 Å². The van der Waals surface area contributed by atoms with Gasteiger partial charge in [-0.15, -0.1) is 0 Å². The quantitative estimate of drug-likeness (QED) is 0.451. The third-order valence-corrected chi connectivity index (χ3v) is 7.05. The first kappa shape index (κ1) is 28.2. The Morgan fingerprint density at radius 3 is 2.26 bits per heavy atom. The van der Waals surface area contributed by atoms with Gasteiger partial charge in [0.25, 0.3) is 0 Å². The Morgan fingerprint density at radius 1 is 1.03 bits per heavy atom. The smallest absolute Gasteiger partial charge is 0.242 e. The van der Waals surface area contributed by atoms with Crippen LogP contribution in [-0.2, 0) is 26.2 Å². The van der Waals surface area contributed by atoms with Gasteiger partial charge in [-0.25, -0.2) is 8.42 Å². The number of hydrogen-bond acceptors (Lipinski definition) is 5. The molecule has 0 aliphatic heterocycles. The molecule has 2 unspecified atom stereocenters. The Bertz CT molecular complexity index is 1080. The predicted molar refractivity (Wildman–Crippen MR) is 139 cm³/mol. The molecule has 0 aliphatic rings. The van der Waals surface area contributed by atoms with Crippen LogP contribution in [0.3, 0.4) is 0 Å². The number of ether oxygens (including phenoxy) is 1. The van der Waals surface area contributed by atoms with E-state index >= 15 is 0 Å². The molecule has 8 nitrogen and oxygen atoms in total. The summed E-state index contributed by atoms with van der Waals surface area (Å²) in [6.07, 6.45) is 2.30. The number of para-hydroxylation sites is 2. The van der Waals surface area contributed by atoms with E-state index in [0.717, 1.165) is 18.2 Å². The van der Waals surface area contributed by atoms with Crippen molar-refractivity contribution in [3.63, 3.8) is 0 Å². The number of rotatable bonds is 13. The summed E-state index contributed by atoms with van der Waals surface area (Å²) < 4.78 is 31.6. The van der Waals surface area contributed by atoms with Crippen LogP contribution < -0.4 is 14.4 Å². The van der Waals surface area contributed by atoms with Gasteiger partial charge in [-0.2, -0.15) is 0 Å². The van der Waals surface area contributed by atoms with Gasteiger partial charge in [-0.3, -0.25) is 13.9 Å². The summed E-state index contributed by atoms with van der Waals surface area (Å²) in [5, 5.41) is 2.94. The van der Waals surface area contributed by atoms with Gasteiger partial charge in [0, 0.05) is 25.6 Å². The molecular weight excluding hydrogens is 466 g/mol. The van der Waals surface area contributed by atoms with Crippen LogP contribution in [0.25, 0.3) is 0 Å². The van der Waals surface area contributed by atoms with E-state index in [0.29, 0.717) is 11.4 Å². The van der Waals surface area contributed by atoms with Crippen molar-refractivity contribution in [2.45, 2.75) is 58.7 Å². The molecule has 0 aliphatic carbocycles. The average Bonchev–Trinajstić information content (AvgIpc) is 2.84. The third kappa shape index (κ3) is 8.28. The molecule has 0 aromatic heterocycles. The highest BCUT2D eigenvalue weighted by molar-refractivity contribution is 7.92. The molecule has 1 N–H and O–H groups in total. The first-order chi connectivity index (χ1) is 16.6. The summed E-state index contributed by atoms with van der Waals surface area (Å²) in [6.45, 7) is 6.02. The van der Waals surface area contributed by atoms with Crippen LogP contribution in [0.4, 0.5) is 5.69 Å². The van der Waals surface area contributed by atoms with Crippen LogP contribution in [0.15, 0.2) is 54.6 Å². The second-order valence-electron chi connectivity index (χ2n) is 8.61. The minimum Gasteiger partial charge on any atom is -0.495 e. The summed E-state index contributed by atoms with van der Waals surface area (Å²) in [5.74, 6) is 0.00911. The molecule has 2 atom stereocenters. The molecule has 0 heterocycles. The number of nitrogens with one attached hydrogen (secondary N) is 1. The van der Waals surface area contributed by atoms with Gasteiger partial charge in [-0.05, 0) is 44.4 Å². The lowest BCUT2D eigenvalue weighted by Gasteiger charge is -2.30. The molecule has 35 heavy (non-hydrogen) atoms. The van der Waals surface area contributed by atoms with Crippen LogP contribution in [0.2, 0.25) is 0 Å². The van der Waals surface area contributed by atoms with Gasteiger partial charge in [0.1, 0.15) is 11.8 Å². The number of hydrogen-bond donors (Lipinski definition) is 1. The second-order valence-corrected chi connectivity index (χ2v) is 10.5. The van der Waals surface area contributed by atoms with Gasteiger partial charge in [0.05, 0.1) is 19.1 Å². The van der Waals surface area contributed by atoms with E-state index in [1.807, 2.05) is 44.2 Å². The minimum atomic E-state index is -3.60. The summed E-state index contributed by atoms with van der Waals surface area (Å²) >= 11 is 0. The SMILES string of the molecule is CCC(C)NC(=O)C(C)N(Cc1ccccc1)C(=O)CCCN(c1ccccc1OC)S(C)(=O)=O. The maximum absolute atomic E-state index is 13.3. The minimum absolute atomic E-state index is 0.00259. The zero-order valence-electron chi connectivity index (χ0n) is 21.2. The van der Waals surface area contributed by atoms with Gasteiger partial charge in [0.15, 0.2) is 0 Å². The van der Waals surface area contributed by atoms with Crippen molar-refractivity contribution in [3.8, 4) is 5.75 Å². The van der Waals surface area contributed by atoms with E-state index in [-0.39, 0.29) is 43.8 Å². The molecular formula is C26H37N3O5S. The molecule has 0 radical (unpaired) electrons. The van der Waals surface area contributed by atoms with Crippen molar-refractivity contribution in [2.24, 2.45) is 0 Å². The van der Waals surface area contributed by atoms with Crippen molar-refractivity contribution in [2.75, 3.05) is 24.2 Å². The maximum atomic E-state index is 13.3. The van der Waals surface area contributed by atoms with E-state index in [1.165, 1.54) is 11.4 Å². The van der Waals surface area contributed by atoms with Crippen molar-refractivity contribution < 1.29 is 22.7 Å². The normalized spacial score (nSPS) is 12.9. The molecule has 0 saturated carbocycles. The molecule has 9 heteroatoms. The number of amides is 2. The highest BCUT2D eigenvalue weighted by atomic mass is 32.2. The molecule has 0 bridgehead atoms. The van der Waals surface area contributed by atoms with Crippen molar-refractivity contribution in [1.29, 1.82) is 0 Å². The zero-order valence-corrected chi connectivity index (χ0v) is 22.0. The first-order valence-electron chi connectivity index (χ1n) is 11.8. The highest BCUT2D eigenvalue weighted by Crippen LogP contribution is 2.29. The summed E-state index contributed by atoms with van der Waals surface area (Å²) in [7, 11) is -2.12. The molecule has 0 spiro atoms. The van der Waals surface area contributed by atoms with E-state index in [2.05, 4.69) is 5.32 Å². The van der Waals surface area contributed by atoms with Crippen molar-refractivity contribution in [1.82, 2.24) is 10.2 Å². The number of benzene rings is 2. The summed E-state index contributed by atoms with van der Waals surface area (Å²) in [4.78, 5) is 27.7. The Kier molecular flexibility index (Phi) is 10.6. The predicted octanol–water partition coefficient (Wildman–Crippen LogP) is 3.57. The Morgan fingerprint density at radius 2 is 1.66 bits per heavy atom. The third-order valence-electron chi connectivity index (χ3n) is 5.87. The first-order valence-corrected chi connectivity index (χ1v) is 13.7. The zero-order chi connectivity index (χ0) is 26.0. The number of sulfonamides is 1. The highest BCUT2D eigenvalue weighted by Gasteiger charge is 2.27. The topological polar surface area (TPSA) is 96.0 Å². The van der Waals surface area contributed by atoms with Crippen molar-refractivity contribution >= 4 is 27.5 Å². The lowest BCUT2D eigenvalue weighted by atomic mass is 10.1. The molecule has 0 saturated heterocycles. The van der Waals surface area contributed by atoms with E-state index in [4.69, 9.17) is 4.74 Å². The Balaban J connectivity index is 2.17. The fraction of sp³-hybridized carbons (Fsp3) is 0.462. The Labute approximate surface area is 209 Å².